The minimum absolute atomic E-state index is 0.00231. The molecule has 0 spiro atoms. The number of aromatic nitrogens is 4. The summed E-state index contributed by atoms with van der Waals surface area (Å²) in [5.41, 5.74) is 5.45. The van der Waals surface area contributed by atoms with E-state index in [1.807, 2.05) is 60.7 Å². The number of alkyl halides is 6. The summed E-state index contributed by atoms with van der Waals surface area (Å²) in [6.07, 6.45) is 16.8. The van der Waals surface area contributed by atoms with Gasteiger partial charge in [0.2, 0.25) is 11.6 Å². The number of nitrogens with zero attached hydrogens (tertiary/aromatic N) is 5. The summed E-state index contributed by atoms with van der Waals surface area (Å²) in [7, 11) is -12.5. The number of hydrogen-bond acceptors (Lipinski definition) is 17. The summed E-state index contributed by atoms with van der Waals surface area (Å²) in [4.78, 5) is 71.9. The number of aromatic carboxylic acids is 3. The van der Waals surface area contributed by atoms with Crippen molar-refractivity contribution in [3.63, 3.8) is 0 Å². The Morgan fingerprint density at radius 3 is 1.03 bits per heavy atom. The monoisotopic (exact) mass is 1850 g/mol. The highest BCUT2D eigenvalue weighted by Gasteiger charge is 2.82. The number of sulfonamides is 1. The SMILES string of the molecule is CCC(C)(C)c1ccc([I+]c2ccc(C(C)(C)CC)cc2)cc1.O=C(C[S+]1CCCC1)c1ccccc1.O=C(C[S+]1CCCC1)c1ccccc1.O=C([O-])c1cccnc1.O=C([O-])c1cccnc1.O=C([O-])c1cncnc1.O=S(=O)(O)C(F)(F)C(F)(F)C(F)(F)S(=O)(=O)N1CCNCC1.c1ccc([S+](c2ccccc2)c2ccccc2)cc1. The summed E-state index contributed by atoms with van der Waals surface area (Å²) in [6, 6.07) is 76.1. The first-order chi connectivity index (χ1) is 56.5. The van der Waals surface area contributed by atoms with Crippen molar-refractivity contribution in [3.05, 3.63) is 314 Å². The summed E-state index contributed by atoms with van der Waals surface area (Å²) >= 11 is -0.0793. The average Bonchev–Trinajstić information content (AvgIpc) is 0.871. The molecule has 3 fully saturated rings. The third-order valence-corrected chi connectivity index (χ3v) is 31.2. The second kappa shape index (κ2) is 48.3. The zero-order valence-corrected chi connectivity index (χ0v) is 72.7. The summed E-state index contributed by atoms with van der Waals surface area (Å²) < 4.78 is 134. The second-order valence-corrected chi connectivity index (χ2v) is 41.0. The van der Waals surface area contributed by atoms with Crippen molar-refractivity contribution in [2.24, 2.45) is 0 Å². The van der Waals surface area contributed by atoms with Gasteiger partial charge in [-0.3, -0.25) is 24.1 Å². The molecule has 119 heavy (non-hydrogen) atoms. The van der Waals surface area contributed by atoms with Crippen molar-refractivity contribution < 1.29 is 108 Å². The Kier molecular flexibility index (Phi) is 40.0. The number of carboxylic acid groups (broad SMARTS) is 3. The van der Waals surface area contributed by atoms with Crippen molar-refractivity contribution in [3.8, 4) is 0 Å². The molecule has 10 aromatic rings. The molecule has 0 unspecified atom stereocenters. The number of pyridine rings is 2. The van der Waals surface area contributed by atoms with Crippen molar-refractivity contribution in [2.45, 2.75) is 122 Å². The highest BCUT2D eigenvalue weighted by Crippen LogP contribution is 2.51. The fourth-order valence-electron chi connectivity index (χ4n) is 11.0. The number of Topliss-reactive ketones (excluding diaryl/α,β-unsaturated/α-hetero) is 2. The molecule has 0 amide bonds. The van der Waals surface area contributed by atoms with E-state index in [2.05, 4.69) is 206 Å². The Hall–Kier alpha value is -9.19. The fourth-order valence-corrected chi connectivity index (χ4v) is 21.7. The van der Waals surface area contributed by atoms with Crippen LogP contribution in [-0.2, 0) is 63.7 Å². The average molecular weight is 1850 g/mol. The van der Waals surface area contributed by atoms with Gasteiger partial charge in [-0.25, -0.2) is 18.4 Å². The largest absolute Gasteiger partial charge is 0.545 e. The van der Waals surface area contributed by atoms with Gasteiger partial charge in [-0.2, -0.15) is 39.1 Å². The Morgan fingerprint density at radius 1 is 0.445 bits per heavy atom. The van der Waals surface area contributed by atoms with Crippen LogP contribution in [0.3, 0.4) is 0 Å². The van der Waals surface area contributed by atoms with Crippen LogP contribution >= 0.6 is 0 Å². The number of hydrogen-bond donors (Lipinski definition) is 2. The standard InChI is InChI=1S/C22H30I.C18H15S.2C12H15OS.C7H10F6N2O5S2.2C6H5NO2.C5H4N2O2/c1-7-21(3,4)17-9-13-19(14-10-17)23-20-15-11-18(12-16-20)22(5,6)8-2;1-4-10-16(11-5-1)19(17-12-6-2-7-13-17)18-14-8-3-9-15-18;2*13-12(10-14-8-4-5-9-14)11-6-2-1-3-7-11;8-5(9,7(12,13)22(18,19)20)6(10,11)21(16,17)15-3-1-14-2-4-15;2*8-6(9)5-2-1-3-7-4-5;8-5(9)4-1-6-3-7-2-4/h9-16H,7-8H2,1-6H3;1-15H;2*1-3,6-7H,4-5,8-10H2;14H,1-4H2,(H,18,19,20);2*1-4H,(H,8,9);1-3H,(H,8,9)/q4*+1;;;;/p-3. The van der Waals surface area contributed by atoms with E-state index in [-0.39, 0.29) is 77.0 Å². The normalized spacial score (nSPS) is 13.9. The number of carbonyl (C=O) groups is 5. The van der Waals surface area contributed by atoms with Gasteiger partial charge in [0.05, 0.1) is 28.8 Å². The van der Waals surface area contributed by atoms with Gasteiger partial charge in [-0.05, 0) is 155 Å². The molecule has 3 saturated heterocycles. The molecular formula is C88H96F6IN6O13S5+. The number of halogens is 7. The van der Waals surface area contributed by atoms with Gasteiger partial charge < -0.3 is 35.0 Å². The van der Waals surface area contributed by atoms with E-state index in [0.717, 1.165) is 22.6 Å². The second-order valence-electron chi connectivity index (χ2n) is 27.9. The predicted octanol–water partition coefficient (Wildman–Crippen LogP) is 10.2. The van der Waals surface area contributed by atoms with Crippen molar-refractivity contribution in [1.29, 1.82) is 0 Å². The molecule has 0 saturated carbocycles. The van der Waals surface area contributed by atoms with Gasteiger partial charge in [0.25, 0.3) is 10.0 Å². The highest BCUT2D eigenvalue weighted by molar-refractivity contribution is 7.98. The minimum Gasteiger partial charge on any atom is -0.545 e. The lowest BCUT2D eigenvalue weighted by molar-refractivity contribution is -0.597. The number of ketones is 2. The van der Waals surface area contributed by atoms with Crippen LogP contribution in [0, 0.1) is 7.14 Å². The van der Waals surface area contributed by atoms with Crippen molar-refractivity contribution in [1.82, 2.24) is 29.6 Å². The molecule has 3 aliphatic heterocycles. The smallest absolute Gasteiger partial charge is 0.439 e. The Balaban J connectivity index is 0.000000216. The molecule has 7 aromatic carbocycles. The third-order valence-electron chi connectivity index (χ3n) is 18.7. The molecule has 3 aliphatic rings. The Bertz CT molecular complexity index is 4620. The lowest BCUT2D eigenvalue weighted by Gasteiger charge is -2.35. The maximum absolute atomic E-state index is 13.5. The van der Waals surface area contributed by atoms with Crippen LogP contribution in [0.25, 0.3) is 0 Å². The van der Waals surface area contributed by atoms with E-state index in [1.54, 1.807) is 12.1 Å². The van der Waals surface area contributed by atoms with E-state index < -0.39 is 67.6 Å². The number of carbonyl (C=O) groups excluding carboxylic acids is 5. The fraction of sp³-hybridized carbons (Fsp3) is 0.307. The molecule has 0 bridgehead atoms. The third kappa shape index (κ3) is 30.8. The molecular weight excluding hydrogens is 1750 g/mol. The number of rotatable bonds is 23. The van der Waals surface area contributed by atoms with Crippen LogP contribution in [0.15, 0.2) is 283 Å². The molecule has 0 atom stereocenters. The van der Waals surface area contributed by atoms with Crippen molar-refractivity contribution >= 4 is 82.3 Å². The van der Waals surface area contributed by atoms with Gasteiger partial charge in [0, 0.05) is 91.2 Å². The first-order valence-electron chi connectivity index (χ1n) is 37.7. The predicted molar refractivity (Wildman–Crippen MR) is 446 cm³/mol. The molecule has 31 heteroatoms. The molecule has 19 nitrogen and oxygen atoms in total. The number of nitrogens with one attached hydrogen (secondary N) is 1. The van der Waals surface area contributed by atoms with E-state index in [9.17, 15) is 82.5 Å². The van der Waals surface area contributed by atoms with Crippen LogP contribution < -0.4 is 41.8 Å². The molecule has 6 heterocycles. The van der Waals surface area contributed by atoms with Gasteiger partial charge in [0.15, 0.2) is 33.3 Å². The van der Waals surface area contributed by atoms with Gasteiger partial charge >= 0.3 is 47.8 Å². The van der Waals surface area contributed by atoms with E-state index in [1.165, 1.54) is 150 Å². The van der Waals surface area contributed by atoms with Crippen LogP contribution in [-0.4, -0.2) is 152 Å². The van der Waals surface area contributed by atoms with Gasteiger partial charge in [0.1, 0.15) is 29.3 Å². The number of carboxylic acids is 3. The van der Waals surface area contributed by atoms with E-state index in [0.29, 0.717) is 33.4 Å². The molecule has 2 N–H and O–H groups in total. The van der Waals surface area contributed by atoms with Crippen LogP contribution in [0.5, 0.6) is 0 Å². The maximum Gasteiger partial charge on any atom is 0.439 e. The number of benzene rings is 7. The molecule has 0 radical (unpaired) electrons. The zero-order chi connectivity index (χ0) is 87.3. The molecule has 0 aliphatic carbocycles. The topological polar surface area (TPSA) is 310 Å². The minimum atomic E-state index is -6.99. The van der Waals surface area contributed by atoms with E-state index >= 15 is 0 Å². The summed E-state index contributed by atoms with van der Waals surface area (Å²) in [5.74, 6) is -3.20. The Labute approximate surface area is 711 Å². The zero-order valence-electron chi connectivity index (χ0n) is 66.5. The quantitative estimate of drug-likeness (QED) is 0.0198. The van der Waals surface area contributed by atoms with Crippen LogP contribution in [0.1, 0.15) is 143 Å². The highest BCUT2D eigenvalue weighted by atomic mass is 127. The first-order valence-corrected chi connectivity index (χ1v) is 47.4. The van der Waals surface area contributed by atoms with E-state index in [4.69, 9.17) is 4.55 Å². The maximum atomic E-state index is 13.5. The summed E-state index contributed by atoms with van der Waals surface area (Å²) in [6.45, 7) is 12.0. The lowest BCUT2D eigenvalue weighted by atomic mass is 9.82. The Morgan fingerprint density at radius 2 is 0.756 bits per heavy atom. The van der Waals surface area contributed by atoms with Gasteiger partial charge in [-0.15, -0.1) is 0 Å². The lowest BCUT2D eigenvalue weighted by Crippen LogP contribution is -3.61. The molecule has 3 aromatic heterocycles. The summed E-state index contributed by atoms with van der Waals surface area (Å²) in [5, 5.41) is 19.5. The van der Waals surface area contributed by atoms with Gasteiger partial charge in [-0.1, -0.05) is 193 Å². The molecule has 634 valence electrons. The number of piperazine rings is 1. The van der Waals surface area contributed by atoms with Crippen LogP contribution in [0.4, 0.5) is 26.3 Å². The van der Waals surface area contributed by atoms with Crippen molar-refractivity contribution in [2.75, 3.05) is 60.7 Å². The first kappa shape index (κ1) is 98.6. The molecule has 13 rings (SSSR count). The van der Waals surface area contributed by atoms with Crippen LogP contribution in [0.2, 0.25) is 0 Å².